The van der Waals surface area contributed by atoms with Crippen molar-refractivity contribution >= 4 is 11.6 Å². The number of rotatable bonds is 2. The van der Waals surface area contributed by atoms with Crippen molar-refractivity contribution in [1.82, 2.24) is 20.4 Å². The van der Waals surface area contributed by atoms with E-state index in [2.05, 4.69) is 20.4 Å². The Morgan fingerprint density at radius 2 is 2.19 bits per heavy atom. The van der Waals surface area contributed by atoms with Crippen molar-refractivity contribution in [3.8, 4) is 0 Å². The van der Waals surface area contributed by atoms with Gasteiger partial charge in [-0.2, -0.15) is 15.3 Å². The van der Waals surface area contributed by atoms with Crippen LogP contribution in [-0.2, 0) is 0 Å². The first kappa shape index (κ1) is 10.3. The van der Waals surface area contributed by atoms with Crippen molar-refractivity contribution in [2.75, 3.05) is 11.9 Å². The van der Waals surface area contributed by atoms with E-state index in [0.717, 1.165) is 5.69 Å². The lowest BCUT2D eigenvalue weighted by atomic mass is 10.2. The van der Waals surface area contributed by atoms with E-state index in [4.69, 9.17) is 0 Å². The Morgan fingerprint density at radius 1 is 1.38 bits per heavy atom. The summed E-state index contributed by atoms with van der Waals surface area (Å²) in [7, 11) is 1.69. The van der Waals surface area contributed by atoms with Gasteiger partial charge in [-0.05, 0) is 13.0 Å². The standard InChI is InChI=1S/C10H11N5O/c1-7-9(6-13-14-7)10(16)15(2)8-3-4-11-12-5-8/h3-6H,1-2H3,(H,13,14). The van der Waals surface area contributed by atoms with Gasteiger partial charge in [-0.1, -0.05) is 0 Å². The molecule has 0 saturated carbocycles. The first-order valence-corrected chi connectivity index (χ1v) is 4.75. The SMILES string of the molecule is Cc1[nH]ncc1C(=O)N(C)c1ccnnc1. The fourth-order valence-corrected chi connectivity index (χ4v) is 1.35. The maximum absolute atomic E-state index is 12.0. The zero-order chi connectivity index (χ0) is 11.5. The molecule has 6 heteroatoms. The van der Waals surface area contributed by atoms with Crippen LogP contribution < -0.4 is 4.90 Å². The molecule has 0 fully saturated rings. The zero-order valence-corrected chi connectivity index (χ0v) is 9.01. The van der Waals surface area contributed by atoms with Crippen LogP contribution in [0.15, 0.2) is 24.7 Å². The van der Waals surface area contributed by atoms with Crippen LogP contribution in [0.3, 0.4) is 0 Å². The van der Waals surface area contributed by atoms with Crippen molar-refractivity contribution in [2.24, 2.45) is 0 Å². The molecule has 2 aromatic rings. The third kappa shape index (κ3) is 1.77. The Bertz CT molecular complexity index is 493. The number of carbonyl (C=O) groups excluding carboxylic acids is 1. The molecule has 6 nitrogen and oxygen atoms in total. The lowest BCUT2D eigenvalue weighted by Crippen LogP contribution is -2.26. The van der Waals surface area contributed by atoms with Crippen LogP contribution in [0.2, 0.25) is 0 Å². The Hall–Kier alpha value is -2.24. The van der Waals surface area contributed by atoms with E-state index in [9.17, 15) is 4.79 Å². The topological polar surface area (TPSA) is 74.8 Å². The van der Waals surface area contributed by atoms with E-state index < -0.39 is 0 Å². The van der Waals surface area contributed by atoms with Gasteiger partial charge in [-0.25, -0.2) is 0 Å². The van der Waals surface area contributed by atoms with Gasteiger partial charge in [0.1, 0.15) is 0 Å². The largest absolute Gasteiger partial charge is 0.310 e. The van der Waals surface area contributed by atoms with E-state index >= 15 is 0 Å². The highest BCUT2D eigenvalue weighted by Gasteiger charge is 2.16. The molecular weight excluding hydrogens is 206 g/mol. The molecule has 0 radical (unpaired) electrons. The minimum atomic E-state index is -0.126. The average Bonchev–Trinajstić information content (AvgIpc) is 2.75. The Kier molecular flexibility index (Phi) is 2.63. The smallest absolute Gasteiger partial charge is 0.261 e. The summed E-state index contributed by atoms with van der Waals surface area (Å²) in [5, 5.41) is 13.9. The predicted octanol–water partition coefficient (Wildman–Crippen LogP) is 0.785. The van der Waals surface area contributed by atoms with E-state index in [-0.39, 0.29) is 5.91 Å². The summed E-state index contributed by atoms with van der Waals surface area (Å²) >= 11 is 0. The Morgan fingerprint density at radius 3 is 2.75 bits per heavy atom. The van der Waals surface area contributed by atoms with Crippen molar-refractivity contribution < 1.29 is 4.79 Å². The summed E-state index contributed by atoms with van der Waals surface area (Å²) in [6.45, 7) is 1.80. The lowest BCUT2D eigenvalue weighted by molar-refractivity contribution is 0.0992. The van der Waals surface area contributed by atoms with Crippen molar-refractivity contribution in [3.05, 3.63) is 35.9 Å². The minimum Gasteiger partial charge on any atom is -0.310 e. The van der Waals surface area contributed by atoms with Crippen LogP contribution in [0.1, 0.15) is 16.1 Å². The number of amides is 1. The maximum atomic E-state index is 12.0. The number of nitrogens with zero attached hydrogens (tertiary/aromatic N) is 4. The molecular formula is C10H11N5O. The molecule has 0 aliphatic carbocycles. The highest BCUT2D eigenvalue weighted by molar-refractivity contribution is 6.06. The van der Waals surface area contributed by atoms with Crippen LogP contribution in [0.5, 0.6) is 0 Å². The van der Waals surface area contributed by atoms with Crippen LogP contribution in [0.25, 0.3) is 0 Å². The van der Waals surface area contributed by atoms with Gasteiger partial charge in [0.05, 0.1) is 29.8 Å². The number of carbonyl (C=O) groups is 1. The quantitative estimate of drug-likeness (QED) is 0.806. The molecule has 0 aliphatic heterocycles. The first-order chi connectivity index (χ1) is 7.70. The Labute approximate surface area is 92.3 Å². The number of anilines is 1. The molecule has 0 aromatic carbocycles. The molecule has 0 atom stereocenters. The van der Waals surface area contributed by atoms with Gasteiger partial charge in [-0.15, -0.1) is 0 Å². The number of aromatic amines is 1. The molecule has 16 heavy (non-hydrogen) atoms. The number of H-pyrrole nitrogens is 1. The molecule has 0 spiro atoms. The van der Waals surface area contributed by atoms with Gasteiger partial charge in [0.2, 0.25) is 0 Å². The van der Waals surface area contributed by atoms with Crippen LogP contribution in [-0.4, -0.2) is 33.3 Å². The number of hydrogen-bond acceptors (Lipinski definition) is 4. The minimum absolute atomic E-state index is 0.126. The Balaban J connectivity index is 2.27. The van der Waals surface area contributed by atoms with Crippen LogP contribution >= 0.6 is 0 Å². The van der Waals surface area contributed by atoms with E-state index in [1.165, 1.54) is 17.3 Å². The monoisotopic (exact) mass is 217 g/mol. The molecule has 2 rings (SSSR count). The predicted molar refractivity (Wildman–Crippen MR) is 58.1 cm³/mol. The molecule has 0 aliphatic rings. The number of aromatic nitrogens is 4. The number of hydrogen-bond donors (Lipinski definition) is 1. The second-order valence-electron chi connectivity index (χ2n) is 3.37. The molecule has 1 N–H and O–H groups in total. The summed E-state index contributed by atoms with van der Waals surface area (Å²) in [6.07, 6.45) is 4.59. The van der Waals surface area contributed by atoms with Gasteiger partial charge >= 0.3 is 0 Å². The van der Waals surface area contributed by atoms with E-state index in [1.54, 1.807) is 26.2 Å². The second-order valence-corrected chi connectivity index (χ2v) is 3.37. The summed E-state index contributed by atoms with van der Waals surface area (Å²) in [4.78, 5) is 13.6. The van der Waals surface area contributed by atoms with Gasteiger partial charge < -0.3 is 4.90 Å². The van der Waals surface area contributed by atoms with E-state index in [1.807, 2.05) is 0 Å². The highest BCUT2D eigenvalue weighted by atomic mass is 16.2. The van der Waals surface area contributed by atoms with Crippen LogP contribution in [0.4, 0.5) is 5.69 Å². The lowest BCUT2D eigenvalue weighted by Gasteiger charge is -2.15. The number of aryl methyl sites for hydroxylation is 1. The normalized spacial score (nSPS) is 10.1. The molecule has 0 bridgehead atoms. The summed E-state index contributed by atoms with van der Waals surface area (Å²) in [5.74, 6) is -0.126. The summed E-state index contributed by atoms with van der Waals surface area (Å²) in [6, 6.07) is 1.72. The van der Waals surface area contributed by atoms with Gasteiger partial charge in [0.25, 0.3) is 5.91 Å². The summed E-state index contributed by atoms with van der Waals surface area (Å²) in [5.41, 5.74) is 2.00. The zero-order valence-electron chi connectivity index (χ0n) is 9.01. The third-order valence-corrected chi connectivity index (χ3v) is 2.32. The first-order valence-electron chi connectivity index (χ1n) is 4.75. The van der Waals surface area contributed by atoms with Crippen molar-refractivity contribution in [1.29, 1.82) is 0 Å². The number of nitrogens with one attached hydrogen (secondary N) is 1. The molecule has 0 saturated heterocycles. The van der Waals surface area contributed by atoms with Gasteiger partial charge in [0.15, 0.2) is 0 Å². The van der Waals surface area contributed by atoms with Crippen molar-refractivity contribution in [2.45, 2.75) is 6.92 Å². The molecule has 1 amide bonds. The molecule has 2 aromatic heterocycles. The fourth-order valence-electron chi connectivity index (χ4n) is 1.35. The van der Waals surface area contributed by atoms with Crippen LogP contribution in [0, 0.1) is 6.92 Å². The van der Waals surface area contributed by atoms with Gasteiger partial charge in [0, 0.05) is 12.7 Å². The maximum Gasteiger partial charge on any atom is 0.261 e. The summed E-state index contributed by atoms with van der Waals surface area (Å²) < 4.78 is 0. The highest BCUT2D eigenvalue weighted by Crippen LogP contribution is 2.13. The fraction of sp³-hybridized carbons (Fsp3) is 0.200. The van der Waals surface area contributed by atoms with Gasteiger partial charge in [-0.3, -0.25) is 9.89 Å². The van der Waals surface area contributed by atoms with E-state index in [0.29, 0.717) is 11.3 Å². The molecule has 0 unspecified atom stereocenters. The second kappa shape index (κ2) is 4.09. The average molecular weight is 217 g/mol. The molecule has 2 heterocycles. The third-order valence-electron chi connectivity index (χ3n) is 2.32. The molecule has 82 valence electrons. The van der Waals surface area contributed by atoms with Crippen molar-refractivity contribution in [3.63, 3.8) is 0 Å².